The lowest BCUT2D eigenvalue weighted by Gasteiger charge is -2.45. The Bertz CT molecular complexity index is 1670. The molecule has 0 aliphatic carbocycles. The summed E-state index contributed by atoms with van der Waals surface area (Å²) in [6.07, 6.45) is 0.784. The van der Waals surface area contributed by atoms with Crippen molar-refractivity contribution in [1.82, 2.24) is 9.55 Å². The van der Waals surface area contributed by atoms with Crippen LogP contribution in [0.25, 0.3) is 22.2 Å². The number of aromatic nitrogens is 2. The van der Waals surface area contributed by atoms with E-state index < -0.39 is 0 Å². The molecule has 1 N–H and O–H groups in total. The van der Waals surface area contributed by atoms with Gasteiger partial charge in [-0.15, -0.1) is 21.6 Å². The van der Waals surface area contributed by atoms with Gasteiger partial charge in [0.25, 0.3) is 0 Å². The Morgan fingerprint density at radius 1 is 1.03 bits per heavy atom. The van der Waals surface area contributed by atoms with Crippen molar-refractivity contribution < 1.29 is 5.11 Å². The first-order valence-electron chi connectivity index (χ1n) is 11.9. The average molecular weight is 592 g/mol. The summed E-state index contributed by atoms with van der Waals surface area (Å²) in [5.74, 6) is 0.112. The van der Waals surface area contributed by atoms with E-state index in [1.165, 1.54) is 16.9 Å². The standard InChI is InChI=1S/C29H24BrClN4OS/c1-28(2)16-29(3,18-9-11-20(31)12-10-18)22-14-19(30)13-21-24(26(36)35(28)25(21)22)33-34-27-32-23(15-37-27)17-7-5-4-6-8-17/h4-15,36H,16H2,1-3H3. The topological polar surface area (TPSA) is 62.8 Å². The minimum atomic E-state index is -0.382. The number of aromatic hydroxyl groups is 1. The van der Waals surface area contributed by atoms with Crippen molar-refractivity contribution in [2.45, 2.75) is 38.1 Å². The monoisotopic (exact) mass is 590 g/mol. The van der Waals surface area contributed by atoms with Crippen LogP contribution < -0.4 is 0 Å². The van der Waals surface area contributed by atoms with Gasteiger partial charge in [0.05, 0.1) is 11.2 Å². The molecule has 0 saturated carbocycles. The van der Waals surface area contributed by atoms with Crippen LogP contribution in [-0.4, -0.2) is 14.7 Å². The maximum atomic E-state index is 11.5. The van der Waals surface area contributed by atoms with Crippen molar-refractivity contribution in [3.8, 4) is 17.1 Å². The molecule has 8 heteroatoms. The second-order valence-corrected chi connectivity index (χ2v) is 12.5. The van der Waals surface area contributed by atoms with Gasteiger partial charge in [-0.2, -0.15) is 0 Å². The van der Waals surface area contributed by atoms with Crippen LogP contribution in [0.3, 0.4) is 0 Å². The summed E-state index contributed by atoms with van der Waals surface area (Å²) < 4.78 is 2.93. The Hall–Kier alpha value is -3.00. The van der Waals surface area contributed by atoms with Gasteiger partial charge in [-0.25, -0.2) is 4.98 Å². The van der Waals surface area contributed by atoms with Gasteiger partial charge in [0.2, 0.25) is 11.0 Å². The quantitative estimate of drug-likeness (QED) is 0.211. The Morgan fingerprint density at radius 2 is 1.76 bits per heavy atom. The summed E-state index contributed by atoms with van der Waals surface area (Å²) in [5, 5.41) is 24.6. The highest BCUT2D eigenvalue weighted by molar-refractivity contribution is 9.10. The van der Waals surface area contributed by atoms with Crippen molar-refractivity contribution in [2.75, 3.05) is 0 Å². The summed E-state index contributed by atoms with van der Waals surface area (Å²) >= 11 is 11.3. The Kier molecular flexibility index (Phi) is 5.78. The van der Waals surface area contributed by atoms with Gasteiger partial charge in [0.1, 0.15) is 0 Å². The van der Waals surface area contributed by atoms with Crippen molar-refractivity contribution >= 4 is 60.6 Å². The Labute approximate surface area is 232 Å². The third-order valence-corrected chi connectivity index (χ3v) is 8.68. The zero-order valence-electron chi connectivity index (χ0n) is 20.5. The minimum Gasteiger partial charge on any atom is -0.493 e. The SMILES string of the molecule is CC1(c2ccc(Cl)cc2)CC(C)(C)n2c(O)c(N=Nc3nc(-c4ccccc4)cs3)c3cc(Br)cc1c32. The van der Waals surface area contributed by atoms with E-state index in [-0.39, 0.29) is 16.8 Å². The predicted molar refractivity (Wildman–Crippen MR) is 155 cm³/mol. The largest absolute Gasteiger partial charge is 0.493 e. The number of benzene rings is 3. The number of nitrogens with zero attached hydrogens (tertiary/aromatic N) is 4. The molecular weight excluding hydrogens is 568 g/mol. The molecule has 1 aliphatic heterocycles. The lowest BCUT2D eigenvalue weighted by molar-refractivity contribution is 0.236. The van der Waals surface area contributed by atoms with Gasteiger partial charge in [-0.3, -0.25) is 0 Å². The van der Waals surface area contributed by atoms with E-state index in [0.29, 0.717) is 15.8 Å². The predicted octanol–water partition coefficient (Wildman–Crippen LogP) is 9.75. The molecule has 0 saturated heterocycles. The maximum absolute atomic E-state index is 11.5. The van der Waals surface area contributed by atoms with Gasteiger partial charge in [-0.1, -0.05) is 76.9 Å². The third kappa shape index (κ3) is 4.00. The highest BCUT2D eigenvalue weighted by Crippen LogP contribution is 2.55. The summed E-state index contributed by atoms with van der Waals surface area (Å²) in [4.78, 5) is 4.63. The molecule has 3 heterocycles. The fourth-order valence-corrected chi connectivity index (χ4v) is 6.95. The third-order valence-electron chi connectivity index (χ3n) is 7.24. The normalized spacial score (nSPS) is 18.6. The van der Waals surface area contributed by atoms with Crippen molar-refractivity contribution in [3.05, 3.63) is 92.7 Å². The fraction of sp³-hybridized carbons (Fsp3) is 0.207. The van der Waals surface area contributed by atoms with Gasteiger partial charge in [-0.05, 0) is 55.7 Å². The average Bonchev–Trinajstić information content (AvgIpc) is 3.45. The van der Waals surface area contributed by atoms with Crippen LogP contribution in [-0.2, 0) is 11.0 Å². The van der Waals surface area contributed by atoms with E-state index in [9.17, 15) is 5.11 Å². The van der Waals surface area contributed by atoms with Crippen LogP contribution in [0.15, 0.2) is 86.8 Å². The number of hydrogen-bond donors (Lipinski definition) is 1. The van der Waals surface area contributed by atoms with Crippen molar-refractivity contribution in [1.29, 1.82) is 0 Å². The second-order valence-electron chi connectivity index (χ2n) is 10.3. The van der Waals surface area contributed by atoms with E-state index in [1.54, 1.807) is 0 Å². The van der Waals surface area contributed by atoms with Gasteiger partial charge < -0.3 is 9.67 Å². The highest BCUT2D eigenvalue weighted by Gasteiger charge is 2.45. The summed E-state index contributed by atoms with van der Waals surface area (Å²) in [6, 6.07) is 22.2. The lowest BCUT2D eigenvalue weighted by Crippen LogP contribution is -2.41. The molecule has 0 bridgehead atoms. The minimum absolute atomic E-state index is 0.112. The molecule has 3 aromatic carbocycles. The zero-order valence-corrected chi connectivity index (χ0v) is 23.7. The fourth-order valence-electron chi connectivity index (χ4n) is 5.72. The molecule has 0 radical (unpaired) electrons. The Morgan fingerprint density at radius 3 is 2.49 bits per heavy atom. The summed E-state index contributed by atoms with van der Waals surface area (Å²) in [7, 11) is 0. The maximum Gasteiger partial charge on any atom is 0.230 e. The molecule has 186 valence electrons. The molecule has 0 amide bonds. The zero-order chi connectivity index (χ0) is 25.9. The van der Waals surface area contributed by atoms with Crippen LogP contribution in [0.1, 0.15) is 38.3 Å². The van der Waals surface area contributed by atoms with Crippen molar-refractivity contribution in [2.24, 2.45) is 10.2 Å². The first-order chi connectivity index (χ1) is 17.7. The summed E-state index contributed by atoms with van der Waals surface area (Å²) in [5.41, 5.74) is 4.91. The molecule has 1 atom stereocenters. The van der Waals surface area contributed by atoms with Crippen LogP contribution in [0, 0.1) is 0 Å². The lowest BCUT2D eigenvalue weighted by atomic mass is 9.66. The van der Waals surface area contributed by atoms with Gasteiger partial charge in [0.15, 0.2) is 5.69 Å². The van der Waals surface area contributed by atoms with E-state index in [4.69, 9.17) is 11.6 Å². The molecule has 1 aliphatic rings. The number of hydrogen-bond acceptors (Lipinski definition) is 5. The molecular formula is C29H24BrClN4OS. The molecule has 1 unspecified atom stereocenters. The highest BCUT2D eigenvalue weighted by atomic mass is 79.9. The second kappa shape index (κ2) is 8.79. The van der Waals surface area contributed by atoms with Gasteiger partial charge >= 0.3 is 0 Å². The first-order valence-corrected chi connectivity index (χ1v) is 14.0. The van der Waals surface area contributed by atoms with Gasteiger partial charge in [0, 0.05) is 36.8 Å². The molecule has 5 nitrogen and oxygen atoms in total. The molecule has 6 rings (SSSR count). The van der Waals surface area contributed by atoms with E-state index in [2.05, 4.69) is 70.1 Å². The van der Waals surface area contributed by atoms with E-state index in [1.807, 2.05) is 58.5 Å². The smallest absolute Gasteiger partial charge is 0.230 e. The van der Waals surface area contributed by atoms with Crippen LogP contribution in [0.2, 0.25) is 5.02 Å². The molecule has 5 aromatic rings. The van der Waals surface area contributed by atoms with Crippen LogP contribution >= 0.6 is 38.9 Å². The van der Waals surface area contributed by atoms with Crippen LogP contribution in [0.5, 0.6) is 5.88 Å². The molecule has 0 spiro atoms. The van der Waals surface area contributed by atoms with Crippen LogP contribution in [0.4, 0.5) is 10.8 Å². The molecule has 37 heavy (non-hydrogen) atoms. The Balaban J connectivity index is 1.51. The van der Waals surface area contributed by atoms with E-state index in [0.717, 1.165) is 38.6 Å². The molecule has 2 aromatic heterocycles. The number of thiazole rings is 1. The summed E-state index contributed by atoms with van der Waals surface area (Å²) in [6.45, 7) is 6.56. The molecule has 0 fully saturated rings. The number of azo groups is 1. The van der Waals surface area contributed by atoms with E-state index >= 15 is 0 Å². The first kappa shape index (κ1) is 24.3. The van der Waals surface area contributed by atoms with Crippen molar-refractivity contribution in [3.63, 3.8) is 0 Å². The number of halogens is 2. The number of rotatable bonds is 4.